The van der Waals surface area contributed by atoms with Gasteiger partial charge in [-0.25, -0.2) is 0 Å². The molecule has 5 heteroatoms. The van der Waals surface area contributed by atoms with Gasteiger partial charge in [0.05, 0.1) is 17.0 Å². The standard InChI is InChI=1S/C15H22N2O2S/c1-17(12-15(18)6-9-19-10-7-15)11-14-5-4-13(20-14)3-2-8-16/h4-5,18H,6-12,16H2,1H3. The number of ether oxygens (including phenoxy) is 1. The second kappa shape index (κ2) is 7.21. The average molecular weight is 294 g/mol. The van der Waals surface area contributed by atoms with Gasteiger partial charge >= 0.3 is 0 Å². The van der Waals surface area contributed by atoms with Gasteiger partial charge in [-0.3, -0.25) is 4.90 Å². The number of nitrogens with zero attached hydrogens (tertiary/aromatic N) is 1. The van der Waals surface area contributed by atoms with E-state index in [1.54, 1.807) is 11.3 Å². The maximum absolute atomic E-state index is 10.5. The summed E-state index contributed by atoms with van der Waals surface area (Å²) in [5.41, 5.74) is 4.76. The van der Waals surface area contributed by atoms with E-state index < -0.39 is 5.60 Å². The van der Waals surface area contributed by atoms with Crippen molar-refractivity contribution < 1.29 is 9.84 Å². The maximum Gasteiger partial charge on any atom is 0.0817 e. The molecule has 1 aromatic rings. The van der Waals surface area contributed by atoms with Gasteiger partial charge in [0.15, 0.2) is 0 Å². The minimum Gasteiger partial charge on any atom is -0.388 e. The fraction of sp³-hybridized carbons (Fsp3) is 0.600. The van der Waals surface area contributed by atoms with Crippen molar-refractivity contribution in [1.82, 2.24) is 4.90 Å². The Morgan fingerprint density at radius 1 is 1.45 bits per heavy atom. The molecular weight excluding hydrogens is 272 g/mol. The molecule has 1 aromatic heterocycles. The summed E-state index contributed by atoms with van der Waals surface area (Å²) >= 11 is 1.68. The number of nitrogens with two attached hydrogens (primary N) is 1. The monoisotopic (exact) mass is 294 g/mol. The van der Waals surface area contributed by atoms with Crippen molar-refractivity contribution in [3.05, 3.63) is 21.9 Å². The van der Waals surface area contributed by atoms with E-state index in [1.165, 1.54) is 4.88 Å². The van der Waals surface area contributed by atoms with Crippen molar-refractivity contribution in [3.8, 4) is 11.8 Å². The summed E-state index contributed by atoms with van der Waals surface area (Å²) in [5.74, 6) is 5.91. The maximum atomic E-state index is 10.5. The van der Waals surface area contributed by atoms with Crippen molar-refractivity contribution in [2.24, 2.45) is 5.73 Å². The van der Waals surface area contributed by atoms with Crippen LogP contribution < -0.4 is 5.73 Å². The van der Waals surface area contributed by atoms with Gasteiger partial charge in [0.25, 0.3) is 0 Å². The molecule has 4 nitrogen and oxygen atoms in total. The molecule has 1 aliphatic rings. The Labute approximate surface area is 124 Å². The third kappa shape index (κ3) is 4.58. The van der Waals surface area contributed by atoms with Crippen molar-refractivity contribution in [2.75, 3.05) is 33.4 Å². The fourth-order valence-corrected chi connectivity index (χ4v) is 3.36. The zero-order valence-electron chi connectivity index (χ0n) is 11.9. The SMILES string of the molecule is CN(Cc1ccc(C#CCN)s1)CC1(O)CCOCC1. The van der Waals surface area contributed by atoms with Crippen LogP contribution >= 0.6 is 11.3 Å². The summed E-state index contributed by atoms with van der Waals surface area (Å²) in [5, 5.41) is 10.5. The molecule has 0 spiro atoms. The third-order valence-corrected chi connectivity index (χ3v) is 4.37. The molecule has 0 atom stereocenters. The summed E-state index contributed by atoms with van der Waals surface area (Å²) in [6.45, 7) is 3.21. The molecule has 0 amide bonds. The Morgan fingerprint density at radius 3 is 2.90 bits per heavy atom. The molecule has 2 heterocycles. The van der Waals surface area contributed by atoms with Gasteiger partial charge in [0.1, 0.15) is 0 Å². The minimum atomic E-state index is -0.605. The lowest BCUT2D eigenvalue weighted by atomic mass is 9.94. The molecule has 0 unspecified atom stereocenters. The molecule has 2 rings (SSSR count). The van der Waals surface area contributed by atoms with Crippen LogP contribution in [0.25, 0.3) is 0 Å². The first-order valence-corrected chi connectivity index (χ1v) is 7.69. The van der Waals surface area contributed by atoms with Crippen molar-refractivity contribution >= 4 is 11.3 Å². The van der Waals surface area contributed by atoms with E-state index in [0.29, 0.717) is 26.3 Å². The van der Waals surface area contributed by atoms with E-state index in [0.717, 1.165) is 24.3 Å². The van der Waals surface area contributed by atoms with Gasteiger partial charge in [-0.15, -0.1) is 11.3 Å². The molecule has 1 fully saturated rings. The Morgan fingerprint density at radius 2 is 2.20 bits per heavy atom. The number of hydrogen-bond donors (Lipinski definition) is 2. The molecule has 0 bridgehead atoms. The second-order valence-electron chi connectivity index (χ2n) is 5.28. The highest BCUT2D eigenvalue weighted by atomic mass is 32.1. The highest BCUT2D eigenvalue weighted by Gasteiger charge is 2.30. The highest BCUT2D eigenvalue weighted by Crippen LogP contribution is 2.23. The first-order valence-electron chi connectivity index (χ1n) is 6.88. The van der Waals surface area contributed by atoms with Crippen LogP contribution in [0.3, 0.4) is 0 Å². The van der Waals surface area contributed by atoms with Gasteiger partial charge in [0.2, 0.25) is 0 Å². The van der Waals surface area contributed by atoms with Gasteiger partial charge in [0, 0.05) is 44.0 Å². The summed E-state index contributed by atoms with van der Waals surface area (Å²) < 4.78 is 5.30. The fourth-order valence-electron chi connectivity index (χ4n) is 2.40. The number of aliphatic hydroxyl groups is 1. The largest absolute Gasteiger partial charge is 0.388 e. The summed E-state index contributed by atoms with van der Waals surface area (Å²) in [6, 6.07) is 4.12. The van der Waals surface area contributed by atoms with Crippen LogP contribution in [0.2, 0.25) is 0 Å². The van der Waals surface area contributed by atoms with Gasteiger partial charge in [-0.2, -0.15) is 0 Å². The topological polar surface area (TPSA) is 58.7 Å². The molecule has 0 radical (unpaired) electrons. The molecule has 0 aromatic carbocycles. The van der Waals surface area contributed by atoms with Gasteiger partial charge in [-0.05, 0) is 19.2 Å². The summed E-state index contributed by atoms with van der Waals surface area (Å²) in [4.78, 5) is 4.46. The van der Waals surface area contributed by atoms with Crippen molar-refractivity contribution in [3.63, 3.8) is 0 Å². The molecule has 1 aliphatic heterocycles. The van der Waals surface area contributed by atoms with Crippen LogP contribution in [-0.4, -0.2) is 49.0 Å². The third-order valence-electron chi connectivity index (χ3n) is 3.39. The normalized spacial score (nSPS) is 17.8. The first-order chi connectivity index (χ1) is 9.61. The van der Waals surface area contributed by atoms with E-state index in [9.17, 15) is 5.11 Å². The van der Waals surface area contributed by atoms with Gasteiger partial charge in [-0.1, -0.05) is 11.8 Å². The molecule has 20 heavy (non-hydrogen) atoms. The van der Waals surface area contributed by atoms with Crippen LogP contribution in [0.5, 0.6) is 0 Å². The Kier molecular flexibility index (Phi) is 5.58. The molecular formula is C15H22N2O2S. The van der Waals surface area contributed by atoms with Crippen LogP contribution in [-0.2, 0) is 11.3 Å². The lowest BCUT2D eigenvalue weighted by Gasteiger charge is -2.35. The molecule has 110 valence electrons. The molecule has 1 saturated heterocycles. The summed E-state index contributed by atoms with van der Waals surface area (Å²) in [6.07, 6.45) is 1.43. The Bertz CT molecular complexity index is 484. The Hall–Kier alpha value is -0.900. The second-order valence-corrected chi connectivity index (χ2v) is 6.45. The highest BCUT2D eigenvalue weighted by molar-refractivity contribution is 7.12. The predicted octanol–water partition coefficient (Wildman–Crippen LogP) is 1.03. The minimum absolute atomic E-state index is 0.391. The van der Waals surface area contributed by atoms with Crippen molar-refractivity contribution in [1.29, 1.82) is 0 Å². The van der Waals surface area contributed by atoms with E-state index >= 15 is 0 Å². The smallest absolute Gasteiger partial charge is 0.0817 e. The van der Waals surface area contributed by atoms with E-state index in [1.807, 2.05) is 13.1 Å². The lowest BCUT2D eigenvalue weighted by molar-refractivity contribution is -0.0776. The van der Waals surface area contributed by atoms with Crippen LogP contribution in [0.4, 0.5) is 0 Å². The van der Waals surface area contributed by atoms with Gasteiger partial charge < -0.3 is 15.6 Å². The first kappa shape index (κ1) is 15.5. The molecule has 3 N–H and O–H groups in total. The number of thiophene rings is 1. The lowest BCUT2D eigenvalue weighted by Crippen LogP contribution is -2.45. The van der Waals surface area contributed by atoms with E-state index in [2.05, 4.69) is 22.8 Å². The Balaban J connectivity index is 1.87. The summed E-state index contributed by atoms with van der Waals surface area (Å²) in [7, 11) is 2.04. The van der Waals surface area contributed by atoms with Crippen LogP contribution in [0, 0.1) is 11.8 Å². The number of hydrogen-bond acceptors (Lipinski definition) is 5. The van der Waals surface area contributed by atoms with E-state index in [-0.39, 0.29) is 0 Å². The molecule has 0 saturated carbocycles. The average Bonchev–Trinajstić information content (AvgIpc) is 2.84. The van der Waals surface area contributed by atoms with Crippen LogP contribution in [0.1, 0.15) is 22.6 Å². The number of likely N-dealkylation sites (N-methyl/N-ethyl adjacent to an activating group) is 1. The van der Waals surface area contributed by atoms with Crippen LogP contribution in [0.15, 0.2) is 12.1 Å². The zero-order valence-corrected chi connectivity index (χ0v) is 12.7. The van der Waals surface area contributed by atoms with E-state index in [4.69, 9.17) is 10.5 Å². The number of rotatable bonds is 4. The van der Waals surface area contributed by atoms with Crippen molar-refractivity contribution in [2.45, 2.75) is 25.0 Å². The zero-order chi connectivity index (χ0) is 14.4. The molecule has 0 aliphatic carbocycles. The predicted molar refractivity (Wildman–Crippen MR) is 81.6 cm³/mol. The quantitative estimate of drug-likeness (QED) is 0.815.